The molecule has 0 aromatic rings. The monoisotopic (exact) mass is 262 g/mol. The largest absolute Gasteiger partial charge is 0.396 e. The van der Waals surface area contributed by atoms with Gasteiger partial charge in [0.05, 0.1) is 0 Å². The number of rotatable bonds is 6. The van der Waals surface area contributed by atoms with Crippen molar-refractivity contribution < 1.29 is 10.2 Å². The smallest absolute Gasteiger partial charge is 0.0462 e. The van der Waals surface area contributed by atoms with Crippen LogP contribution in [0.15, 0.2) is 0 Å². The van der Waals surface area contributed by atoms with Crippen molar-refractivity contribution in [1.82, 2.24) is 0 Å². The normalized spacial score (nSPS) is 64.7. The molecule has 5 fully saturated rings. The van der Waals surface area contributed by atoms with Gasteiger partial charge in [-0.25, -0.2) is 0 Å². The molecule has 5 rings (SSSR count). The van der Waals surface area contributed by atoms with Crippen LogP contribution in [0, 0.1) is 59.2 Å². The van der Waals surface area contributed by atoms with E-state index in [4.69, 9.17) is 0 Å². The third-order valence-corrected chi connectivity index (χ3v) is 7.30. The molecular formula is C17H26O2. The predicted octanol–water partition coefficient (Wildman–Crippen LogP) is 2.15. The highest BCUT2D eigenvalue weighted by atomic mass is 16.3. The van der Waals surface area contributed by atoms with Gasteiger partial charge in [-0.2, -0.15) is 0 Å². The first-order valence-electron chi connectivity index (χ1n) is 8.53. The average Bonchev–Trinajstić information content (AvgIpc) is 3.30. The zero-order valence-electron chi connectivity index (χ0n) is 11.6. The van der Waals surface area contributed by atoms with Crippen LogP contribution in [0.1, 0.15) is 32.1 Å². The molecule has 0 saturated heterocycles. The molecule has 2 nitrogen and oxygen atoms in total. The van der Waals surface area contributed by atoms with Crippen LogP contribution in [0.2, 0.25) is 0 Å². The molecule has 0 bridgehead atoms. The lowest BCUT2D eigenvalue weighted by Gasteiger charge is -2.00. The van der Waals surface area contributed by atoms with Gasteiger partial charge in [0, 0.05) is 13.2 Å². The Morgan fingerprint density at radius 2 is 0.789 bits per heavy atom. The molecule has 2 heteroatoms. The van der Waals surface area contributed by atoms with Crippen LogP contribution in [-0.4, -0.2) is 23.4 Å². The average molecular weight is 262 g/mol. The van der Waals surface area contributed by atoms with Crippen LogP contribution in [0.4, 0.5) is 0 Å². The van der Waals surface area contributed by atoms with Gasteiger partial charge in [0.2, 0.25) is 0 Å². The van der Waals surface area contributed by atoms with Gasteiger partial charge in [0.1, 0.15) is 0 Å². The summed E-state index contributed by atoms with van der Waals surface area (Å²) in [7, 11) is 0. The summed E-state index contributed by atoms with van der Waals surface area (Å²) < 4.78 is 0. The summed E-state index contributed by atoms with van der Waals surface area (Å²) in [5, 5.41) is 18.3. The van der Waals surface area contributed by atoms with Crippen LogP contribution in [0.25, 0.3) is 0 Å². The summed E-state index contributed by atoms with van der Waals surface area (Å²) in [4.78, 5) is 0. The van der Waals surface area contributed by atoms with E-state index >= 15 is 0 Å². The van der Waals surface area contributed by atoms with Crippen molar-refractivity contribution in [1.29, 1.82) is 0 Å². The van der Waals surface area contributed by atoms with Crippen molar-refractivity contribution in [3.05, 3.63) is 0 Å². The third kappa shape index (κ3) is 1.82. The Labute approximate surface area is 115 Å². The summed E-state index contributed by atoms with van der Waals surface area (Å²) in [6.45, 7) is 0.883. The maximum absolute atomic E-state index is 9.17. The zero-order chi connectivity index (χ0) is 12.7. The quantitative estimate of drug-likeness (QED) is 0.770. The minimum absolute atomic E-state index is 0.441. The Kier molecular flexibility index (Phi) is 2.29. The minimum atomic E-state index is 0.441. The molecule has 2 N–H and O–H groups in total. The van der Waals surface area contributed by atoms with Gasteiger partial charge < -0.3 is 10.2 Å². The maximum atomic E-state index is 9.17. The number of aliphatic hydroxyl groups excluding tert-OH is 2. The molecule has 0 aliphatic heterocycles. The van der Waals surface area contributed by atoms with Crippen LogP contribution in [-0.2, 0) is 0 Å². The molecule has 5 aliphatic carbocycles. The summed E-state index contributed by atoms with van der Waals surface area (Å²) in [5.41, 5.74) is 0. The predicted molar refractivity (Wildman–Crippen MR) is 72.2 cm³/mol. The number of hydrogen-bond acceptors (Lipinski definition) is 2. The fraction of sp³-hybridized carbons (Fsp3) is 1.00. The molecule has 5 saturated carbocycles. The van der Waals surface area contributed by atoms with E-state index in [1.807, 2.05) is 0 Å². The Bertz CT molecular complexity index is 359. The van der Waals surface area contributed by atoms with E-state index in [0.717, 1.165) is 47.3 Å². The minimum Gasteiger partial charge on any atom is -0.396 e. The van der Waals surface area contributed by atoms with E-state index in [-0.39, 0.29) is 0 Å². The molecule has 0 radical (unpaired) electrons. The van der Waals surface area contributed by atoms with Gasteiger partial charge in [-0.3, -0.25) is 0 Å². The second-order valence-corrected chi connectivity index (χ2v) is 8.37. The summed E-state index contributed by atoms with van der Waals surface area (Å²) in [6.07, 6.45) is 7.14. The highest BCUT2D eigenvalue weighted by Gasteiger charge is 2.65. The van der Waals surface area contributed by atoms with Crippen LogP contribution >= 0.6 is 0 Å². The zero-order valence-corrected chi connectivity index (χ0v) is 11.6. The fourth-order valence-electron chi connectivity index (χ4n) is 5.67. The summed E-state index contributed by atoms with van der Waals surface area (Å²) in [6, 6.07) is 0. The fourth-order valence-corrected chi connectivity index (χ4v) is 5.67. The molecule has 5 aliphatic rings. The second-order valence-electron chi connectivity index (χ2n) is 8.37. The molecule has 10 atom stereocenters. The molecule has 0 aromatic heterocycles. The van der Waals surface area contributed by atoms with Crippen molar-refractivity contribution >= 4 is 0 Å². The van der Waals surface area contributed by atoms with Gasteiger partial charge in [0.15, 0.2) is 0 Å². The summed E-state index contributed by atoms with van der Waals surface area (Å²) >= 11 is 0. The Balaban J connectivity index is 1.10. The molecule has 106 valence electrons. The first-order valence-corrected chi connectivity index (χ1v) is 8.53. The topological polar surface area (TPSA) is 40.5 Å². The Hall–Kier alpha value is -0.0800. The number of hydrogen-bond donors (Lipinski definition) is 2. The molecule has 0 aromatic carbocycles. The Morgan fingerprint density at radius 1 is 0.474 bits per heavy atom. The molecule has 19 heavy (non-hydrogen) atoms. The second kappa shape index (κ2) is 3.76. The Morgan fingerprint density at radius 3 is 1.05 bits per heavy atom. The van der Waals surface area contributed by atoms with Gasteiger partial charge >= 0.3 is 0 Å². The van der Waals surface area contributed by atoms with Crippen molar-refractivity contribution in [3.8, 4) is 0 Å². The maximum Gasteiger partial charge on any atom is 0.0462 e. The van der Waals surface area contributed by atoms with Gasteiger partial charge in [-0.05, 0) is 91.3 Å². The van der Waals surface area contributed by atoms with E-state index in [0.29, 0.717) is 25.0 Å². The molecule has 0 unspecified atom stereocenters. The van der Waals surface area contributed by atoms with Crippen molar-refractivity contribution in [2.24, 2.45) is 59.2 Å². The molecule has 0 heterocycles. The molecule has 0 amide bonds. The van der Waals surface area contributed by atoms with E-state index in [1.54, 1.807) is 0 Å². The van der Waals surface area contributed by atoms with E-state index in [1.165, 1.54) is 32.1 Å². The first-order chi connectivity index (χ1) is 9.31. The van der Waals surface area contributed by atoms with Crippen molar-refractivity contribution in [2.75, 3.05) is 13.2 Å². The van der Waals surface area contributed by atoms with Gasteiger partial charge in [0.25, 0.3) is 0 Å². The van der Waals surface area contributed by atoms with E-state index in [2.05, 4.69) is 0 Å². The van der Waals surface area contributed by atoms with Crippen LogP contribution in [0.3, 0.4) is 0 Å². The van der Waals surface area contributed by atoms with Crippen LogP contribution in [0.5, 0.6) is 0 Å². The standard InChI is InChI=1S/C17H26O2/c18-6-8-1-10(8)12-3-14(12)16-5-17(16)15-4-13(15)11-2-9(11)7-19/h8-19H,1-7H2/t8-,9-,10+,11+,12-,13-,14+,15+,16-,17-/m0/s1. The highest BCUT2D eigenvalue weighted by Crippen LogP contribution is 2.72. The van der Waals surface area contributed by atoms with Crippen molar-refractivity contribution in [2.45, 2.75) is 32.1 Å². The lowest BCUT2D eigenvalue weighted by molar-refractivity contribution is 0.263. The van der Waals surface area contributed by atoms with E-state index in [9.17, 15) is 10.2 Å². The summed E-state index contributed by atoms with van der Waals surface area (Å²) in [5.74, 6) is 9.46. The van der Waals surface area contributed by atoms with Gasteiger partial charge in [-0.15, -0.1) is 0 Å². The number of aliphatic hydroxyl groups is 2. The molecule has 0 spiro atoms. The highest BCUT2D eigenvalue weighted by molar-refractivity contribution is 5.14. The lowest BCUT2D eigenvalue weighted by atomic mass is 10.1. The first kappa shape index (κ1) is 11.6. The van der Waals surface area contributed by atoms with Crippen LogP contribution < -0.4 is 0 Å². The van der Waals surface area contributed by atoms with E-state index < -0.39 is 0 Å². The SMILES string of the molecule is OC[C@@H]1C[C@H]1[C@@H]1C[C@H]1[C@@H]1C[C@H]1[C@@H]1C[C@H]1[C@@H]1C[C@H]1CO. The lowest BCUT2D eigenvalue weighted by Crippen LogP contribution is -1.98. The molecular weight excluding hydrogens is 236 g/mol. The third-order valence-electron chi connectivity index (χ3n) is 7.30. The van der Waals surface area contributed by atoms with Crippen molar-refractivity contribution in [3.63, 3.8) is 0 Å². The van der Waals surface area contributed by atoms with Gasteiger partial charge in [-0.1, -0.05) is 0 Å².